The molecule has 0 amide bonds. The van der Waals surface area contributed by atoms with Gasteiger partial charge in [0.2, 0.25) is 0 Å². The van der Waals surface area contributed by atoms with E-state index in [1.807, 2.05) is 0 Å². The fourth-order valence-corrected chi connectivity index (χ4v) is 2.79. The maximum absolute atomic E-state index is 5.91. The molecule has 0 aromatic heterocycles. The van der Waals surface area contributed by atoms with E-state index >= 15 is 0 Å². The van der Waals surface area contributed by atoms with Gasteiger partial charge >= 0.3 is 0 Å². The number of ether oxygens (including phenoxy) is 1. The van der Waals surface area contributed by atoms with Crippen molar-refractivity contribution in [3.8, 4) is 5.75 Å². The van der Waals surface area contributed by atoms with Crippen molar-refractivity contribution in [1.29, 1.82) is 0 Å². The van der Waals surface area contributed by atoms with E-state index in [1.54, 1.807) is 0 Å². The van der Waals surface area contributed by atoms with E-state index in [-0.39, 0.29) is 0 Å². The summed E-state index contributed by atoms with van der Waals surface area (Å²) >= 11 is 0. The first-order valence-corrected chi connectivity index (χ1v) is 7.96. The molecule has 1 aromatic carbocycles. The van der Waals surface area contributed by atoms with Gasteiger partial charge in [-0.25, -0.2) is 0 Å². The van der Waals surface area contributed by atoms with Crippen molar-refractivity contribution in [1.82, 2.24) is 10.2 Å². The van der Waals surface area contributed by atoms with Gasteiger partial charge in [-0.1, -0.05) is 25.5 Å². The monoisotopic (exact) mass is 276 g/mol. The number of benzene rings is 1. The Bertz CT molecular complexity index is 394. The number of nitrogens with zero attached hydrogens (tertiary/aromatic N) is 1. The van der Waals surface area contributed by atoms with E-state index in [9.17, 15) is 0 Å². The highest BCUT2D eigenvalue weighted by Crippen LogP contribution is 2.17. The zero-order valence-electron chi connectivity index (χ0n) is 12.9. The van der Waals surface area contributed by atoms with Gasteiger partial charge < -0.3 is 10.1 Å². The summed E-state index contributed by atoms with van der Waals surface area (Å²) in [5, 5.41) is 3.34. The van der Waals surface area contributed by atoms with E-state index in [0.29, 0.717) is 6.04 Å². The molecule has 20 heavy (non-hydrogen) atoms. The first-order chi connectivity index (χ1) is 9.79. The highest BCUT2D eigenvalue weighted by Gasteiger charge is 2.17. The van der Waals surface area contributed by atoms with Gasteiger partial charge in [0.05, 0.1) is 0 Å². The minimum atomic E-state index is 0.715. The first-order valence-electron chi connectivity index (χ1n) is 7.96. The lowest BCUT2D eigenvalue weighted by Crippen LogP contribution is -2.39. The number of nitrogens with one attached hydrogen (secondary N) is 1. The van der Waals surface area contributed by atoms with Crippen molar-refractivity contribution in [2.75, 3.05) is 26.2 Å². The highest BCUT2D eigenvalue weighted by atomic mass is 16.5. The molecule has 1 fully saturated rings. The largest absolute Gasteiger partial charge is 0.492 e. The van der Waals surface area contributed by atoms with Gasteiger partial charge in [0.15, 0.2) is 0 Å². The molecule has 0 radical (unpaired) electrons. The molecule has 1 aliphatic heterocycles. The van der Waals surface area contributed by atoms with Crippen LogP contribution in [-0.2, 0) is 6.54 Å². The smallest absolute Gasteiger partial charge is 0.119 e. The molecule has 2 rings (SSSR count). The van der Waals surface area contributed by atoms with Gasteiger partial charge in [0.1, 0.15) is 12.4 Å². The second kappa shape index (κ2) is 8.28. The SMILES string of the molecule is CCNCc1cccc(OCCN2CCCCC2C)c1. The van der Waals surface area contributed by atoms with Crippen LogP contribution in [0.15, 0.2) is 24.3 Å². The standard InChI is InChI=1S/C17H28N2O/c1-3-18-14-16-8-6-9-17(13-16)20-12-11-19-10-5-4-7-15(19)2/h6,8-9,13,15,18H,3-5,7,10-12,14H2,1-2H3. The quantitative estimate of drug-likeness (QED) is 0.828. The van der Waals surface area contributed by atoms with Gasteiger partial charge in [-0.3, -0.25) is 4.90 Å². The van der Waals surface area contributed by atoms with Gasteiger partial charge in [-0.2, -0.15) is 0 Å². The topological polar surface area (TPSA) is 24.5 Å². The van der Waals surface area contributed by atoms with Crippen LogP contribution in [0.3, 0.4) is 0 Å². The molecule has 1 unspecified atom stereocenters. The number of rotatable bonds is 7. The Morgan fingerprint density at radius 2 is 2.25 bits per heavy atom. The molecule has 1 N–H and O–H groups in total. The number of hydrogen-bond donors (Lipinski definition) is 1. The summed E-state index contributed by atoms with van der Waals surface area (Å²) in [7, 11) is 0. The Labute approximate surface area is 123 Å². The van der Waals surface area contributed by atoms with Crippen molar-refractivity contribution in [3.05, 3.63) is 29.8 Å². The second-order valence-corrected chi connectivity index (χ2v) is 5.66. The van der Waals surface area contributed by atoms with Crippen LogP contribution in [0.25, 0.3) is 0 Å². The van der Waals surface area contributed by atoms with Crippen LogP contribution in [0, 0.1) is 0 Å². The maximum Gasteiger partial charge on any atom is 0.119 e. The summed E-state index contributed by atoms with van der Waals surface area (Å²) in [4.78, 5) is 2.55. The fraction of sp³-hybridized carbons (Fsp3) is 0.647. The molecule has 1 atom stereocenters. The third-order valence-electron chi connectivity index (χ3n) is 4.07. The van der Waals surface area contributed by atoms with E-state index in [1.165, 1.54) is 31.4 Å². The zero-order valence-corrected chi connectivity index (χ0v) is 12.9. The third kappa shape index (κ3) is 4.80. The van der Waals surface area contributed by atoms with Crippen molar-refractivity contribution in [3.63, 3.8) is 0 Å². The fourth-order valence-electron chi connectivity index (χ4n) is 2.79. The summed E-state index contributed by atoms with van der Waals surface area (Å²) < 4.78 is 5.91. The van der Waals surface area contributed by atoms with Gasteiger partial charge in [0, 0.05) is 19.1 Å². The predicted octanol–water partition coefficient (Wildman–Crippen LogP) is 3.05. The molecule has 1 saturated heterocycles. The van der Waals surface area contributed by atoms with Crippen molar-refractivity contribution in [2.24, 2.45) is 0 Å². The number of piperidine rings is 1. The van der Waals surface area contributed by atoms with Crippen LogP contribution in [0.5, 0.6) is 5.75 Å². The summed E-state index contributed by atoms with van der Waals surface area (Å²) in [5.41, 5.74) is 1.29. The summed E-state index contributed by atoms with van der Waals surface area (Å²) in [6.45, 7) is 9.42. The molecular formula is C17H28N2O. The zero-order chi connectivity index (χ0) is 14.2. The van der Waals surface area contributed by atoms with Crippen LogP contribution in [0.2, 0.25) is 0 Å². The second-order valence-electron chi connectivity index (χ2n) is 5.66. The highest BCUT2D eigenvalue weighted by molar-refractivity contribution is 5.28. The van der Waals surface area contributed by atoms with Gasteiger partial charge in [0.25, 0.3) is 0 Å². The summed E-state index contributed by atoms with van der Waals surface area (Å²) in [6.07, 6.45) is 4.05. The average Bonchev–Trinajstić information content (AvgIpc) is 2.48. The van der Waals surface area contributed by atoms with Gasteiger partial charge in [-0.15, -0.1) is 0 Å². The molecule has 1 aromatic rings. The Morgan fingerprint density at radius 3 is 3.05 bits per heavy atom. The van der Waals surface area contributed by atoms with Crippen LogP contribution in [-0.4, -0.2) is 37.2 Å². The molecule has 1 heterocycles. The van der Waals surface area contributed by atoms with E-state index in [4.69, 9.17) is 4.74 Å². The molecular weight excluding hydrogens is 248 g/mol. The minimum absolute atomic E-state index is 0.715. The van der Waals surface area contributed by atoms with Crippen LogP contribution in [0.1, 0.15) is 38.7 Å². The molecule has 3 nitrogen and oxygen atoms in total. The molecule has 0 saturated carbocycles. The molecule has 0 spiro atoms. The van der Waals surface area contributed by atoms with E-state index in [0.717, 1.165) is 32.0 Å². The van der Waals surface area contributed by atoms with Crippen molar-refractivity contribution >= 4 is 0 Å². The number of likely N-dealkylation sites (tertiary alicyclic amines) is 1. The van der Waals surface area contributed by atoms with Crippen molar-refractivity contribution in [2.45, 2.75) is 45.7 Å². The van der Waals surface area contributed by atoms with Crippen LogP contribution >= 0.6 is 0 Å². The molecule has 1 aliphatic rings. The summed E-state index contributed by atoms with van der Waals surface area (Å²) in [5.74, 6) is 0.991. The third-order valence-corrected chi connectivity index (χ3v) is 4.07. The lowest BCUT2D eigenvalue weighted by Gasteiger charge is -2.33. The number of hydrogen-bond acceptors (Lipinski definition) is 3. The normalized spacial score (nSPS) is 20.0. The lowest BCUT2D eigenvalue weighted by atomic mass is 10.0. The molecule has 112 valence electrons. The minimum Gasteiger partial charge on any atom is -0.492 e. The van der Waals surface area contributed by atoms with E-state index in [2.05, 4.69) is 48.3 Å². The Balaban J connectivity index is 1.75. The Morgan fingerprint density at radius 1 is 1.35 bits per heavy atom. The van der Waals surface area contributed by atoms with E-state index < -0.39 is 0 Å². The molecule has 0 aliphatic carbocycles. The maximum atomic E-state index is 5.91. The Kier molecular flexibility index (Phi) is 6.34. The first kappa shape index (κ1) is 15.3. The van der Waals surface area contributed by atoms with Crippen LogP contribution in [0.4, 0.5) is 0 Å². The summed E-state index contributed by atoms with van der Waals surface area (Å²) in [6, 6.07) is 9.12. The van der Waals surface area contributed by atoms with Gasteiger partial charge in [-0.05, 0) is 50.6 Å². The predicted molar refractivity (Wildman–Crippen MR) is 84.2 cm³/mol. The molecule has 0 bridgehead atoms. The lowest BCUT2D eigenvalue weighted by molar-refractivity contribution is 0.133. The van der Waals surface area contributed by atoms with Crippen LogP contribution < -0.4 is 10.1 Å². The average molecular weight is 276 g/mol. The van der Waals surface area contributed by atoms with Crippen molar-refractivity contribution < 1.29 is 4.74 Å². The molecule has 3 heteroatoms. The Hall–Kier alpha value is -1.06.